The van der Waals surface area contributed by atoms with E-state index in [1.807, 2.05) is 18.2 Å². The second kappa shape index (κ2) is 3.42. The molecule has 0 radical (unpaired) electrons. The van der Waals surface area contributed by atoms with E-state index in [0.717, 1.165) is 22.8 Å². The van der Waals surface area contributed by atoms with E-state index in [-0.39, 0.29) is 5.60 Å². The largest absolute Gasteiger partial charge is 0.487 e. The molecular weight excluding hydrogens is 263 g/mol. The highest BCUT2D eigenvalue weighted by Crippen LogP contribution is 2.44. The Kier molecular flexibility index (Phi) is 2.52. The van der Waals surface area contributed by atoms with Crippen LogP contribution >= 0.6 is 27.5 Å². The summed E-state index contributed by atoms with van der Waals surface area (Å²) < 4.78 is 5.86. The Morgan fingerprint density at radius 3 is 2.93 bits per heavy atom. The Bertz CT molecular complexity index is 362. The molecule has 2 rings (SSSR count). The van der Waals surface area contributed by atoms with Crippen LogP contribution in [-0.4, -0.2) is 5.60 Å². The van der Waals surface area contributed by atoms with E-state index >= 15 is 0 Å². The number of halogens is 2. The second-order valence-corrected chi connectivity index (χ2v) is 5.76. The van der Waals surface area contributed by atoms with Crippen molar-refractivity contribution in [2.24, 2.45) is 0 Å². The number of alkyl halides is 1. The molecule has 0 saturated heterocycles. The quantitative estimate of drug-likeness (QED) is 0.640. The third kappa shape index (κ3) is 1.91. The van der Waals surface area contributed by atoms with Crippen LogP contribution in [0.15, 0.2) is 18.2 Å². The van der Waals surface area contributed by atoms with Gasteiger partial charge in [0.15, 0.2) is 0 Å². The zero-order valence-electron chi connectivity index (χ0n) is 8.18. The number of fused-ring (bicyclic) bond motifs is 1. The molecule has 1 heterocycles. The molecule has 0 bridgehead atoms. The molecule has 1 atom stereocenters. The maximum absolute atomic E-state index is 5.94. The first-order chi connectivity index (χ1) is 6.48. The summed E-state index contributed by atoms with van der Waals surface area (Å²) in [4.78, 5) is 0.333. The van der Waals surface area contributed by atoms with Crippen molar-refractivity contribution in [1.29, 1.82) is 0 Å². The molecule has 76 valence electrons. The van der Waals surface area contributed by atoms with Crippen LogP contribution in [-0.2, 0) is 0 Å². The molecule has 1 aliphatic rings. The van der Waals surface area contributed by atoms with Crippen molar-refractivity contribution < 1.29 is 4.74 Å². The van der Waals surface area contributed by atoms with E-state index in [1.165, 1.54) is 0 Å². The van der Waals surface area contributed by atoms with Crippen molar-refractivity contribution in [3.63, 3.8) is 0 Å². The summed E-state index contributed by atoms with van der Waals surface area (Å²) in [6.45, 7) is 4.19. The molecular formula is C11H12BrClO. The molecule has 0 amide bonds. The van der Waals surface area contributed by atoms with Crippen LogP contribution in [0.2, 0.25) is 5.02 Å². The first-order valence-electron chi connectivity index (χ1n) is 4.60. The number of hydrogen-bond donors (Lipinski definition) is 0. The third-order valence-electron chi connectivity index (χ3n) is 2.37. The molecule has 0 saturated carbocycles. The molecule has 0 aromatic heterocycles. The van der Waals surface area contributed by atoms with Gasteiger partial charge in [-0.05, 0) is 32.0 Å². The molecule has 1 aromatic rings. The predicted molar refractivity (Wildman–Crippen MR) is 62.4 cm³/mol. The van der Waals surface area contributed by atoms with Crippen molar-refractivity contribution in [1.82, 2.24) is 0 Å². The highest BCUT2D eigenvalue weighted by Gasteiger charge is 2.32. The van der Waals surface area contributed by atoms with Crippen molar-refractivity contribution >= 4 is 27.5 Å². The van der Waals surface area contributed by atoms with Gasteiger partial charge in [0.05, 0.1) is 0 Å². The molecule has 0 fully saturated rings. The van der Waals surface area contributed by atoms with E-state index in [0.29, 0.717) is 4.83 Å². The van der Waals surface area contributed by atoms with Gasteiger partial charge in [0.2, 0.25) is 0 Å². The summed E-state index contributed by atoms with van der Waals surface area (Å²) in [6, 6.07) is 5.76. The van der Waals surface area contributed by atoms with Gasteiger partial charge < -0.3 is 4.74 Å². The second-order valence-electron chi connectivity index (χ2n) is 4.22. The van der Waals surface area contributed by atoms with Gasteiger partial charge in [0, 0.05) is 21.8 Å². The molecule has 1 unspecified atom stereocenters. The van der Waals surface area contributed by atoms with E-state index < -0.39 is 0 Å². The Morgan fingerprint density at radius 1 is 1.50 bits per heavy atom. The van der Waals surface area contributed by atoms with E-state index in [1.54, 1.807) is 0 Å². The third-order valence-corrected chi connectivity index (χ3v) is 3.42. The molecule has 14 heavy (non-hydrogen) atoms. The first kappa shape index (κ1) is 10.3. The average molecular weight is 276 g/mol. The number of benzene rings is 1. The zero-order chi connectivity index (χ0) is 10.3. The minimum atomic E-state index is -0.102. The van der Waals surface area contributed by atoms with E-state index in [4.69, 9.17) is 16.3 Å². The molecule has 1 nitrogen and oxygen atoms in total. The van der Waals surface area contributed by atoms with Crippen LogP contribution in [0.3, 0.4) is 0 Å². The highest BCUT2D eigenvalue weighted by molar-refractivity contribution is 9.09. The van der Waals surface area contributed by atoms with Crippen LogP contribution in [0.25, 0.3) is 0 Å². The lowest BCUT2D eigenvalue weighted by Gasteiger charge is -2.35. The minimum Gasteiger partial charge on any atom is -0.487 e. The summed E-state index contributed by atoms with van der Waals surface area (Å²) in [5, 5.41) is 0.761. The number of ether oxygens (including phenoxy) is 1. The standard InChI is InChI=1S/C11H12BrClO/c1-11(2)6-9(12)8-5-7(13)3-4-10(8)14-11/h3-5,9H,6H2,1-2H3. The normalized spacial score (nSPS) is 23.9. The van der Waals surface area contributed by atoms with Crippen molar-refractivity contribution in [3.8, 4) is 5.75 Å². The topological polar surface area (TPSA) is 9.23 Å². The minimum absolute atomic E-state index is 0.102. The van der Waals surface area contributed by atoms with Gasteiger partial charge in [0.25, 0.3) is 0 Å². The Balaban J connectivity index is 2.45. The van der Waals surface area contributed by atoms with E-state index in [2.05, 4.69) is 29.8 Å². The molecule has 0 aliphatic carbocycles. The molecule has 1 aliphatic heterocycles. The van der Waals surface area contributed by atoms with Gasteiger partial charge in [-0.1, -0.05) is 27.5 Å². The van der Waals surface area contributed by atoms with Crippen molar-refractivity contribution in [2.45, 2.75) is 30.7 Å². The molecule has 0 N–H and O–H groups in total. The summed E-state index contributed by atoms with van der Waals surface area (Å²) in [7, 11) is 0. The summed E-state index contributed by atoms with van der Waals surface area (Å²) >= 11 is 9.59. The van der Waals surface area contributed by atoms with Gasteiger partial charge in [-0.3, -0.25) is 0 Å². The van der Waals surface area contributed by atoms with Gasteiger partial charge in [-0.25, -0.2) is 0 Å². The summed E-state index contributed by atoms with van der Waals surface area (Å²) in [6.07, 6.45) is 0.959. The molecule has 0 spiro atoms. The number of rotatable bonds is 0. The van der Waals surface area contributed by atoms with Crippen molar-refractivity contribution in [3.05, 3.63) is 28.8 Å². The van der Waals surface area contributed by atoms with Gasteiger partial charge >= 0.3 is 0 Å². The highest BCUT2D eigenvalue weighted by atomic mass is 79.9. The lowest BCUT2D eigenvalue weighted by molar-refractivity contribution is 0.0842. The predicted octanol–water partition coefficient (Wildman–Crippen LogP) is 4.34. The van der Waals surface area contributed by atoms with Crippen LogP contribution < -0.4 is 4.74 Å². The van der Waals surface area contributed by atoms with Crippen LogP contribution in [0.4, 0.5) is 0 Å². The zero-order valence-corrected chi connectivity index (χ0v) is 10.5. The maximum atomic E-state index is 5.94. The molecule has 3 heteroatoms. The Hall–Kier alpha value is -0.210. The van der Waals surface area contributed by atoms with Crippen LogP contribution in [0.1, 0.15) is 30.7 Å². The number of hydrogen-bond acceptors (Lipinski definition) is 1. The Morgan fingerprint density at radius 2 is 2.21 bits per heavy atom. The van der Waals surface area contributed by atoms with Gasteiger partial charge in [-0.2, -0.15) is 0 Å². The average Bonchev–Trinajstić information content (AvgIpc) is 2.05. The van der Waals surface area contributed by atoms with Crippen LogP contribution in [0.5, 0.6) is 5.75 Å². The summed E-state index contributed by atoms with van der Waals surface area (Å²) in [5.74, 6) is 0.938. The Labute approximate surface area is 97.5 Å². The first-order valence-corrected chi connectivity index (χ1v) is 5.90. The SMILES string of the molecule is CC1(C)CC(Br)c2cc(Cl)ccc2O1. The van der Waals surface area contributed by atoms with Crippen molar-refractivity contribution in [2.75, 3.05) is 0 Å². The lowest BCUT2D eigenvalue weighted by atomic mass is 9.94. The monoisotopic (exact) mass is 274 g/mol. The fraction of sp³-hybridized carbons (Fsp3) is 0.455. The van der Waals surface area contributed by atoms with Gasteiger partial charge in [-0.15, -0.1) is 0 Å². The van der Waals surface area contributed by atoms with Crippen LogP contribution in [0, 0.1) is 0 Å². The van der Waals surface area contributed by atoms with Gasteiger partial charge in [0.1, 0.15) is 11.4 Å². The fourth-order valence-electron chi connectivity index (χ4n) is 1.74. The lowest BCUT2D eigenvalue weighted by Crippen LogP contribution is -2.33. The molecule has 1 aromatic carbocycles. The smallest absolute Gasteiger partial charge is 0.124 e. The van der Waals surface area contributed by atoms with E-state index in [9.17, 15) is 0 Å². The maximum Gasteiger partial charge on any atom is 0.124 e. The summed E-state index contributed by atoms with van der Waals surface area (Å²) in [5.41, 5.74) is 1.05. The fourth-order valence-corrected chi connectivity index (χ4v) is 3.06.